The van der Waals surface area contributed by atoms with Gasteiger partial charge in [0.2, 0.25) is 5.91 Å². The fourth-order valence-corrected chi connectivity index (χ4v) is 5.67. The molecule has 6 heteroatoms. The van der Waals surface area contributed by atoms with Crippen molar-refractivity contribution in [1.29, 1.82) is 0 Å². The Kier molecular flexibility index (Phi) is 5.45. The number of hydrogen-bond acceptors (Lipinski definition) is 3. The number of amides is 2. The molecule has 1 spiro atoms. The topological polar surface area (TPSA) is 78.1 Å². The number of aromatic amines is 1. The van der Waals surface area contributed by atoms with Gasteiger partial charge in [-0.15, -0.1) is 0 Å². The Labute approximate surface area is 188 Å². The van der Waals surface area contributed by atoms with Gasteiger partial charge in [0.05, 0.1) is 29.0 Å². The van der Waals surface area contributed by atoms with E-state index in [0.717, 1.165) is 60.9 Å². The van der Waals surface area contributed by atoms with Gasteiger partial charge in [-0.1, -0.05) is 56.5 Å². The summed E-state index contributed by atoms with van der Waals surface area (Å²) in [4.78, 5) is 37.2. The highest BCUT2D eigenvalue weighted by Crippen LogP contribution is 2.50. The molecule has 2 N–H and O–H groups in total. The average molecular weight is 431 g/mol. The molecule has 32 heavy (non-hydrogen) atoms. The molecule has 1 unspecified atom stereocenters. The minimum atomic E-state index is -0.432. The van der Waals surface area contributed by atoms with Crippen LogP contribution in [-0.2, 0) is 11.3 Å². The van der Waals surface area contributed by atoms with Gasteiger partial charge in [-0.05, 0) is 43.0 Å². The molecule has 2 aromatic carbocycles. The number of para-hydroxylation sites is 2. The molecule has 1 aromatic heterocycles. The monoisotopic (exact) mass is 430 g/mol. The van der Waals surface area contributed by atoms with Crippen LogP contribution in [0.4, 0.5) is 0 Å². The van der Waals surface area contributed by atoms with Crippen LogP contribution in [-0.4, -0.2) is 38.8 Å². The largest absolute Gasteiger partial charge is 0.348 e. The zero-order chi connectivity index (χ0) is 22.1. The molecule has 1 aliphatic carbocycles. The summed E-state index contributed by atoms with van der Waals surface area (Å²) in [7, 11) is 0. The van der Waals surface area contributed by atoms with Crippen molar-refractivity contribution in [2.45, 2.75) is 63.5 Å². The zero-order valence-corrected chi connectivity index (χ0v) is 18.6. The summed E-state index contributed by atoms with van der Waals surface area (Å²) in [6.07, 6.45) is 5.81. The van der Waals surface area contributed by atoms with Crippen LogP contribution < -0.4 is 5.32 Å². The molecule has 6 nitrogen and oxygen atoms in total. The number of unbranched alkanes of at least 4 members (excludes halogenated alkanes) is 1. The molecule has 166 valence electrons. The number of carbonyl (C=O) groups is 2. The predicted octanol–water partition coefficient (Wildman–Crippen LogP) is 4.53. The standard InChI is InChI=1S/C26H30N4O2/c1-2-3-16-30-25(32)19-11-5-4-10-18(19)23(26(30)14-8-9-15-26)24(31)27-17-22-28-20-12-6-7-13-21(20)29-22/h4-7,10-13,23H,2-3,8-9,14-17H2,1H3,(H,27,31)(H,28,29). The lowest BCUT2D eigenvalue weighted by atomic mass is 9.71. The van der Waals surface area contributed by atoms with Crippen LogP contribution in [0.15, 0.2) is 48.5 Å². The Hall–Kier alpha value is -3.15. The van der Waals surface area contributed by atoms with E-state index in [9.17, 15) is 9.59 Å². The maximum atomic E-state index is 13.7. The molecular formula is C26H30N4O2. The van der Waals surface area contributed by atoms with Gasteiger partial charge in [-0.2, -0.15) is 0 Å². The van der Waals surface area contributed by atoms with Crippen molar-refractivity contribution in [3.63, 3.8) is 0 Å². The first kappa shape index (κ1) is 20.7. The zero-order valence-electron chi connectivity index (χ0n) is 18.6. The van der Waals surface area contributed by atoms with Gasteiger partial charge in [-0.25, -0.2) is 4.98 Å². The Morgan fingerprint density at radius 1 is 1.16 bits per heavy atom. The van der Waals surface area contributed by atoms with Crippen LogP contribution in [0.2, 0.25) is 0 Å². The normalized spacial score (nSPS) is 19.5. The number of nitrogens with one attached hydrogen (secondary N) is 2. The second-order valence-corrected chi connectivity index (χ2v) is 9.06. The number of imidazole rings is 1. The number of H-pyrrole nitrogens is 1. The number of fused-ring (bicyclic) bond motifs is 2. The number of hydrogen-bond donors (Lipinski definition) is 2. The summed E-state index contributed by atoms with van der Waals surface area (Å²) in [6, 6.07) is 15.5. The van der Waals surface area contributed by atoms with Gasteiger partial charge in [0.1, 0.15) is 5.82 Å². The van der Waals surface area contributed by atoms with Crippen LogP contribution in [0.25, 0.3) is 11.0 Å². The lowest BCUT2D eigenvalue weighted by Gasteiger charge is -2.50. The highest BCUT2D eigenvalue weighted by Gasteiger charge is 2.55. The highest BCUT2D eigenvalue weighted by atomic mass is 16.2. The first-order chi connectivity index (χ1) is 15.6. The van der Waals surface area contributed by atoms with Crippen molar-refractivity contribution < 1.29 is 9.59 Å². The molecule has 2 amide bonds. The molecule has 1 aliphatic heterocycles. The van der Waals surface area contributed by atoms with Crippen molar-refractivity contribution in [2.75, 3.05) is 6.54 Å². The third kappa shape index (κ3) is 3.38. The minimum absolute atomic E-state index is 0.0196. The molecule has 1 fully saturated rings. The van der Waals surface area contributed by atoms with Crippen LogP contribution in [0.3, 0.4) is 0 Å². The molecule has 0 saturated heterocycles. The third-order valence-electron chi connectivity index (χ3n) is 7.16. The molecule has 5 rings (SSSR count). The van der Waals surface area contributed by atoms with Gasteiger partial charge >= 0.3 is 0 Å². The maximum Gasteiger partial charge on any atom is 0.254 e. The van der Waals surface area contributed by atoms with Crippen LogP contribution >= 0.6 is 0 Å². The second-order valence-electron chi connectivity index (χ2n) is 9.06. The lowest BCUT2D eigenvalue weighted by molar-refractivity contribution is -0.126. The summed E-state index contributed by atoms with van der Waals surface area (Å²) in [5.74, 6) is 0.439. The van der Waals surface area contributed by atoms with E-state index in [1.54, 1.807) is 0 Å². The van der Waals surface area contributed by atoms with E-state index in [0.29, 0.717) is 18.7 Å². The summed E-state index contributed by atoms with van der Waals surface area (Å²) in [6.45, 7) is 3.18. The van der Waals surface area contributed by atoms with E-state index in [1.807, 2.05) is 53.4 Å². The summed E-state index contributed by atoms with van der Waals surface area (Å²) < 4.78 is 0. The summed E-state index contributed by atoms with van der Waals surface area (Å²) >= 11 is 0. The van der Waals surface area contributed by atoms with E-state index in [2.05, 4.69) is 22.2 Å². The van der Waals surface area contributed by atoms with Crippen LogP contribution in [0, 0.1) is 0 Å². The summed E-state index contributed by atoms with van der Waals surface area (Å²) in [5.41, 5.74) is 2.96. The molecule has 0 bridgehead atoms. The minimum Gasteiger partial charge on any atom is -0.348 e. The number of nitrogens with zero attached hydrogens (tertiary/aromatic N) is 2. The van der Waals surface area contributed by atoms with Gasteiger partial charge in [0.25, 0.3) is 5.91 Å². The van der Waals surface area contributed by atoms with Crippen LogP contribution in [0.1, 0.15) is 73.1 Å². The van der Waals surface area contributed by atoms with E-state index in [1.165, 1.54) is 0 Å². The first-order valence-electron chi connectivity index (χ1n) is 11.8. The molecule has 3 aromatic rings. The molecule has 2 aliphatic rings. The first-order valence-corrected chi connectivity index (χ1v) is 11.8. The molecule has 0 radical (unpaired) electrons. The molecule has 1 saturated carbocycles. The Morgan fingerprint density at radius 2 is 1.91 bits per heavy atom. The third-order valence-corrected chi connectivity index (χ3v) is 7.16. The van der Waals surface area contributed by atoms with E-state index >= 15 is 0 Å². The summed E-state index contributed by atoms with van der Waals surface area (Å²) in [5, 5.41) is 3.14. The number of rotatable bonds is 6. The van der Waals surface area contributed by atoms with Crippen molar-refractivity contribution in [1.82, 2.24) is 20.2 Å². The molecule has 2 heterocycles. The number of benzene rings is 2. The van der Waals surface area contributed by atoms with Gasteiger partial charge < -0.3 is 15.2 Å². The second kappa shape index (κ2) is 8.41. The Morgan fingerprint density at radius 3 is 2.69 bits per heavy atom. The molecule has 1 atom stereocenters. The van der Waals surface area contributed by atoms with E-state index in [4.69, 9.17) is 0 Å². The number of aromatic nitrogens is 2. The Balaban J connectivity index is 1.48. The average Bonchev–Trinajstić information content (AvgIpc) is 3.45. The van der Waals surface area contributed by atoms with Gasteiger partial charge in [0, 0.05) is 12.1 Å². The smallest absolute Gasteiger partial charge is 0.254 e. The highest BCUT2D eigenvalue weighted by molar-refractivity contribution is 6.02. The van der Waals surface area contributed by atoms with Crippen molar-refractivity contribution in [3.8, 4) is 0 Å². The fraction of sp³-hybridized carbons (Fsp3) is 0.423. The SMILES string of the molecule is CCCCN1C(=O)c2ccccc2C(C(=O)NCc2nc3ccccc3[nH]2)C12CCCC2. The van der Waals surface area contributed by atoms with Crippen LogP contribution in [0.5, 0.6) is 0 Å². The van der Waals surface area contributed by atoms with Crippen molar-refractivity contribution in [2.24, 2.45) is 0 Å². The van der Waals surface area contributed by atoms with Gasteiger partial charge in [-0.3, -0.25) is 9.59 Å². The van der Waals surface area contributed by atoms with Crippen molar-refractivity contribution >= 4 is 22.8 Å². The van der Waals surface area contributed by atoms with Gasteiger partial charge in [0.15, 0.2) is 0 Å². The van der Waals surface area contributed by atoms with E-state index in [-0.39, 0.29) is 17.7 Å². The lowest BCUT2D eigenvalue weighted by Crippen LogP contribution is -2.60. The van der Waals surface area contributed by atoms with Crippen molar-refractivity contribution in [3.05, 3.63) is 65.5 Å². The predicted molar refractivity (Wildman–Crippen MR) is 124 cm³/mol. The molecular weight excluding hydrogens is 400 g/mol. The Bertz CT molecular complexity index is 1110. The van der Waals surface area contributed by atoms with E-state index < -0.39 is 5.54 Å². The maximum absolute atomic E-state index is 13.7. The fourth-order valence-electron chi connectivity index (χ4n) is 5.67. The number of carbonyl (C=O) groups excluding carboxylic acids is 2. The quantitative estimate of drug-likeness (QED) is 0.603.